The minimum absolute atomic E-state index is 0. The molecule has 34 heavy (non-hydrogen) atoms. The molecule has 0 aliphatic carbocycles. The van der Waals surface area contributed by atoms with Crippen LogP contribution in [0.5, 0.6) is 0 Å². The number of halogens is 2. The Morgan fingerprint density at radius 1 is 0.676 bits per heavy atom. The zero-order chi connectivity index (χ0) is 24.0. The zero-order valence-electron chi connectivity index (χ0n) is 19.5. The van der Waals surface area contributed by atoms with Gasteiger partial charge in [0, 0.05) is 6.54 Å². The van der Waals surface area contributed by atoms with Crippen LogP contribution in [0.15, 0.2) is 15.0 Å². The largest absolute Gasteiger partial charge is 1.00 e. The number of unbranched alkanes of at least 4 members (excludes halogenated alkanes) is 5. The molecule has 0 aliphatic heterocycles. The number of aliphatic imine (C=N–C) groups is 3. The van der Waals surface area contributed by atoms with E-state index in [4.69, 9.17) is 39.7 Å². The lowest BCUT2D eigenvalue weighted by Gasteiger charge is -2.01. The molecule has 0 aromatic rings. The van der Waals surface area contributed by atoms with Gasteiger partial charge in [0.2, 0.25) is 0 Å². The Balaban J connectivity index is -0.00000480. The van der Waals surface area contributed by atoms with Gasteiger partial charge < -0.3 is 47.7 Å². The summed E-state index contributed by atoms with van der Waals surface area (Å²) in [7, 11) is 0. The van der Waals surface area contributed by atoms with Gasteiger partial charge in [-0.15, -0.1) is 0 Å². The SMILES string of the molecule is N#CC(N)=NCCN=C(N)NC(N)=[NH+]CCCCCCCC[NH+]=C(N)NC(N)=NCCN.[Cl-].[Cl-]. The molecular weight excluding hydrogens is 483 g/mol. The Morgan fingerprint density at radius 3 is 1.53 bits per heavy atom. The fourth-order valence-corrected chi connectivity index (χ4v) is 2.41. The maximum Gasteiger partial charge on any atom is 0.348 e. The van der Waals surface area contributed by atoms with E-state index in [9.17, 15) is 0 Å². The number of amidine groups is 1. The number of nitrogens with one attached hydrogen (secondary N) is 4. The van der Waals surface area contributed by atoms with E-state index >= 15 is 0 Å². The van der Waals surface area contributed by atoms with E-state index in [2.05, 4.69) is 35.6 Å². The number of hydrogen-bond donors (Lipinski definition) is 10. The molecule has 0 aromatic heterocycles. The molecule has 0 spiro atoms. The van der Waals surface area contributed by atoms with Gasteiger partial charge in [0.05, 0.1) is 32.7 Å². The normalized spacial score (nSPS) is 12.9. The second-order valence-electron chi connectivity index (χ2n) is 6.75. The predicted molar refractivity (Wildman–Crippen MR) is 128 cm³/mol. The summed E-state index contributed by atoms with van der Waals surface area (Å²) in [5.41, 5.74) is 33.6. The number of hydrogen-bond acceptors (Lipinski definition) is 5. The van der Waals surface area contributed by atoms with Gasteiger partial charge in [-0.05, 0) is 12.8 Å². The summed E-state index contributed by atoms with van der Waals surface area (Å²) >= 11 is 0. The average molecular weight is 524 g/mol. The molecule has 0 aromatic carbocycles. The van der Waals surface area contributed by atoms with Gasteiger partial charge in [0.1, 0.15) is 6.07 Å². The third-order valence-electron chi connectivity index (χ3n) is 3.95. The molecule has 0 aliphatic rings. The van der Waals surface area contributed by atoms with Crippen LogP contribution in [0, 0.1) is 11.3 Å². The maximum atomic E-state index is 8.48. The Hall–Kier alpha value is -3.02. The molecule has 0 fully saturated rings. The highest BCUT2D eigenvalue weighted by Gasteiger charge is 2.02. The minimum Gasteiger partial charge on any atom is -1.00 e. The van der Waals surface area contributed by atoms with Crippen molar-refractivity contribution in [2.45, 2.75) is 38.5 Å². The Kier molecular flexibility index (Phi) is 25.8. The smallest absolute Gasteiger partial charge is 0.348 e. The summed E-state index contributed by atoms with van der Waals surface area (Å²) in [6.45, 7) is 3.00. The average Bonchev–Trinajstić information content (AvgIpc) is 2.76. The molecule has 0 unspecified atom stereocenters. The topological polar surface area (TPSA) is 269 Å². The van der Waals surface area contributed by atoms with E-state index in [0.29, 0.717) is 31.6 Å². The first-order valence-corrected chi connectivity index (χ1v) is 10.7. The van der Waals surface area contributed by atoms with Crippen molar-refractivity contribution in [1.29, 1.82) is 5.26 Å². The Labute approximate surface area is 213 Å². The highest BCUT2D eigenvalue weighted by Crippen LogP contribution is 2.03. The van der Waals surface area contributed by atoms with Crippen LogP contribution in [-0.4, -0.2) is 68.9 Å². The second-order valence-corrected chi connectivity index (χ2v) is 6.75. The summed E-state index contributed by atoms with van der Waals surface area (Å²) in [6, 6.07) is 1.73. The summed E-state index contributed by atoms with van der Waals surface area (Å²) in [4.78, 5) is 17.9. The summed E-state index contributed by atoms with van der Waals surface area (Å²) in [6.07, 6.45) is 6.49. The van der Waals surface area contributed by atoms with Crippen molar-refractivity contribution in [3.8, 4) is 6.07 Å². The Bertz CT molecular complexity index is 712. The first-order valence-electron chi connectivity index (χ1n) is 10.7. The third-order valence-corrected chi connectivity index (χ3v) is 3.95. The van der Waals surface area contributed by atoms with Crippen LogP contribution in [0.1, 0.15) is 38.5 Å². The summed E-state index contributed by atoms with van der Waals surface area (Å²) < 4.78 is 0. The third kappa shape index (κ3) is 23.6. The standard InChI is InChI=1S/C18H38N14.2ClH/c19-7-10-29-17(24)31-15(22)27-8-5-3-1-2-4-6-9-28-16(23)32-18(25)30-12-11-26-14(21)13-20;;/h1-12,19H2,(H2,21,26)(H5,22,24,27,29,31)(H5,23,25,28,30,32);2*1H. The van der Waals surface area contributed by atoms with E-state index in [1.807, 2.05) is 0 Å². The number of guanidine groups is 4. The molecule has 0 bridgehead atoms. The quantitative estimate of drug-likeness (QED) is 0.0587. The van der Waals surface area contributed by atoms with Crippen LogP contribution >= 0.6 is 0 Å². The van der Waals surface area contributed by atoms with Crippen molar-refractivity contribution < 1.29 is 34.8 Å². The lowest BCUT2D eigenvalue weighted by molar-refractivity contribution is -0.461. The van der Waals surface area contributed by atoms with Gasteiger partial charge in [-0.1, -0.05) is 25.7 Å². The highest BCUT2D eigenvalue weighted by molar-refractivity contribution is 5.95. The molecule has 14 nitrogen and oxygen atoms in total. The number of nitriles is 1. The van der Waals surface area contributed by atoms with Gasteiger partial charge >= 0.3 is 11.9 Å². The van der Waals surface area contributed by atoms with Crippen molar-refractivity contribution >= 4 is 29.7 Å². The number of nitrogens with zero attached hydrogens (tertiary/aromatic N) is 4. The lowest BCUT2D eigenvalue weighted by Crippen LogP contribution is -3.00. The van der Waals surface area contributed by atoms with Crippen molar-refractivity contribution in [2.75, 3.05) is 39.3 Å². The van der Waals surface area contributed by atoms with E-state index in [1.165, 1.54) is 0 Å². The molecule has 0 heterocycles. The van der Waals surface area contributed by atoms with Crippen LogP contribution in [0.3, 0.4) is 0 Å². The molecule has 16 N–H and O–H groups in total. The van der Waals surface area contributed by atoms with E-state index < -0.39 is 0 Å². The van der Waals surface area contributed by atoms with Crippen LogP contribution in [0.25, 0.3) is 0 Å². The van der Waals surface area contributed by atoms with Gasteiger partial charge in [0.25, 0.3) is 11.9 Å². The summed E-state index contributed by atoms with van der Waals surface area (Å²) in [5.74, 6) is 1.08. The molecule has 0 rings (SSSR count). The van der Waals surface area contributed by atoms with Crippen LogP contribution in [0.4, 0.5) is 0 Å². The summed E-state index contributed by atoms with van der Waals surface area (Å²) in [5, 5.41) is 14.0. The first kappa shape index (κ1) is 35.6. The molecule has 0 atom stereocenters. The maximum absolute atomic E-state index is 8.48. The van der Waals surface area contributed by atoms with Crippen LogP contribution < -0.4 is 79.8 Å². The van der Waals surface area contributed by atoms with Crippen molar-refractivity contribution in [3.63, 3.8) is 0 Å². The zero-order valence-corrected chi connectivity index (χ0v) is 21.0. The van der Waals surface area contributed by atoms with Gasteiger partial charge in [0.15, 0.2) is 5.84 Å². The van der Waals surface area contributed by atoms with Gasteiger partial charge in [-0.3, -0.25) is 26.4 Å². The van der Waals surface area contributed by atoms with Gasteiger partial charge in [-0.2, -0.15) is 5.26 Å². The Morgan fingerprint density at radius 2 is 1.09 bits per heavy atom. The minimum atomic E-state index is -0.0811. The second kappa shape index (κ2) is 24.6. The van der Waals surface area contributed by atoms with Crippen molar-refractivity contribution in [3.05, 3.63) is 0 Å². The van der Waals surface area contributed by atoms with E-state index in [-0.39, 0.29) is 49.1 Å². The van der Waals surface area contributed by atoms with E-state index in [1.54, 1.807) is 6.07 Å². The predicted octanol–water partition coefficient (Wildman–Crippen LogP) is -12.2. The fourth-order valence-electron chi connectivity index (χ4n) is 2.41. The molecule has 0 saturated heterocycles. The van der Waals surface area contributed by atoms with Crippen molar-refractivity contribution in [1.82, 2.24) is 10.6 Å². The molecular formula is C18H40Cl2N14. The highest BCUT2D eigenvalue weighted by atomic mass is 35.5. The van der Waals surface area contributed by atoms with Crippen LogP contribution in [0.2, 0.25) is 0 Å². The number of rotatable bonds is 14. The monoisotopic (exact) mass is 522 g/mol. The lowest BCUT2D eigenvalue weighted by atomic mass is 10.1. The molecule has 0 saturated carbocycles. The van der Waals surface area contributed by atoms with Crippen LogP contribution in [-0.2, 0) is 0 Å². The van der Waals surface area contributed by atoms with E-state index in [0.717, 1.165) is 51.6 Å². The van der Waals surface area contributed by atoms with Gasteiger partial charge in [-0.25, -0.2) is 20.6 Å². The number of nitrogens with two attached hydrogens (primary N) is 6. The van der Waals surface area contributed by atoms with Crippen molar-refractivity contribution in [2.24, 2.45) is 49.4 Å². The molecule has 0 amide bonds. The fraction of sp³-hybridized carbons (Fsp3) is 0.667. The first-order chi connectivity index (χ1) is 15.4. The molecule has 196 valence electrons. The molecule has 16 heteroatoms. The molecule has 0 radical (unpaired) electrons.